The number of hydrogen-bond acceptors (Lipinski definition) is 5. The summed E-state index contributed by atoms with van der Waals surface area (Å²) in [7, 11) is 0. The number of halogens is 2. The van der Waals surface area contributed by atoms with Gasteiger partial charge in [0.15, 0.2) is 0 Å². The van der Waals surface area contributed by atoms with Crippen molar-refractivity contribution in [2.45, 2.75) is 57.2 Å². The number of amides is 2. The van der Waals surface area contributed by atoms with Gasteiger partial charge in [-0.15, -0.1) is 0 Å². The van der Waals surface area contributed by atoms with Crippen LogP contribution in [0.15, 0.2) is 48.5 Å². The molecule has 8 nitrogen and oxygen atoms in total. The van der Waals surface area contributed by atoms with E-state index in [4.69, 9.17) is 11.6 Å². The summed E-state index contributed by atoms with van der Waals surface area (Å²) in [4.78, 5) is 28.7. The Labute approximate surface area is 217 Å². The molecule has 1 saturated heterocycles. The second-order valence-corrected chi connectivity index (χ2v) is 10.5. The van der Waals surface area contributed by atoms with E-state index in [1.54, 1.807) is 24.3 Å². The zero-order valence-corrected chi connectivity index (χ0v) is 21.5. The van der Waals surface area contributed by atoms with Crippen LogP contribution in [0.2, 0.25) is 5.02 Å². The Morgan fingerprint density at radius 2 is 1.89 bits per heavy atom. The van der Waals surface area contributed by atoms with E-state index in [0.717, 1.165) is 47.5 Å². The minimum Gasteiger partial charge on any atom is -0.759 e. The molecule has 2 amide bonds. The molecular formula is C25H29ClFN4O4S-. The van der Waals surface area contributed by atoms with Crippen LogP contribution in [-0.4, -0.2) is 55.2 Å². The van der Waals surface area contributed by atoms with Gasteiger partial charge in [-0.3, -0.25) is 18.7 Å². The SMILES string of the molecule is C[C@@H]1CN1N(CC(=O)N(c1cccc(F)c1)C(C(=O)NC1CCCCC1)c1ccccc1Cl)S(=O)[O-]. The zero-order chi connectivity index (χ0) is 25.8. The Bertz CT molecular complexity index is 1130. The van der Waals surface area contributed by atoms with Gasteiger partial charge in [0.1, 0.15) is 18.4 Å². The molecule has 2 aliphatic rings. The van der Waals surface area contributed by atoms with Crippen molar-refractivity contribution in [1.29, 1.82) is 0 Å². The highest BCUT2D eigenvalue weighted by Gasteiger charge is 2.40. The molecule has 4 atom stereocenters. The highest BCUT2D eigenvalue weighted by molar-refractivity contribution is 7.76. The third-order valence-electron chi connectivity index (χ3n) is 6.57. The van der Waals surface area contributed by atoms with Crippen LogP contribution < -0.4 is 10.2 Å². The summed E-state index contributed by atoms with van der Waals surface area (Å²) < 4.78 is 39.1. The van der Waals surface area contributed by atoms with Gasteiger partial charge in [0, 0.05) is 46.2 Å². The average molecular weight is 536 g/mol. The van der Waals surface area contributed by atoms with E-state index < -0.39 is 41.5 Å². The lowest BCUT2D eigenvalue weighted by atomic mass is 9.94. The van der Waals surface area contributed by atoms with E-state index in [9.17, 15) is 22.7 Å². The number of nitrogens with zero attached hydrogens (tertiary/aromatic N) is 3. The van der Waals surface area contributed by atoms with Crippen molar-refractivity contribution >= 4 is 40.4 Å². The van der Waals surface area contributed by atoms with E-state index in [1.807, 2.05) is 6.92 Å². The number of nitrogens with one attached hydrogen (secondary N) is 1. The Morgan fingerprint density at radius 3 is 2.50 bits per heavy atom. The molecule has 2 aromatic carbocycles. The minimum absolute atomic E-state index is 0.0349. The van der Waals surface area contributed by atoms with Crippen LogP contribution in [0.1, 0.15) is 50.6 Å². The first-order valence-corrected chi connectivity index (χ1v) is 13.4. The molecule has 1 saturated carbocycles. The number of rotatable bonds is 9. The van der Waals surface area contributed by atoms with Gasteiger partial charge in [0.25, 0.3) is 0 Å². The molecule has 1 N–H and O–H groups in total. The quantitative estimate of drug-likeness (QED) is 0.390. The Balaban J connectivity index is 1.75. The molecule has 2 fully saturated rings. The highest BCUT2D eigenvalue weighted by Crippen LogP contribution is 2.34. The summed E-state index contributed by atoms with van der Waals surface area (Å²) in [6, 6.07) is 10.7. The number of benzene rings is 2. The van der Waals surface area contributed by atoms with Crippen LogP contribution in [0.5, 0.6) is 0 Å². The van der Waals surface area contributed by atoms with Crippen LogP contribution in [0, 0.1) is 5.82 Å². The van der Waals surface area contributed by atoms with Crippen LogP contribution in [0.3, 0.4) is 0 Å². The van der Waals surface area contributed by atoms with E-state index in [2.05, 4.69) is 5.32 Å². The first-order chi connectivity index (χ1) is 17.3. The van der Waals surface area contributed by atoms with Gasteiger partial charge < -0.3 is 9.87 Å². The summed E-state index contributed by atoms with van der Waals surface area (Å²) >= 11 is 3.79. The van der Waals surface area contributed by atoms with E-state index in [-0.39, 0.29) is 22.8 Å². The maximum absolute atomic E-state index is 14.3. The summed E-state index contributed by atoms with van der Waals surface area (Å²) in [5.74, 6) is -1.74. The van der Waals surface area contributed by atoms with Crippen molar-refractivity contribution in [3.05, 3.63) is 64.9 Å². The molecule has 36 heavy (non-hydrogen) atoms. The molecule has 3 unspecified atom stereocenters. The fraction of sp³-hybridized carbons (Fsp3) is 0.440. The third-order valence-corrected chi connectivity index (χ3v) is 7.60. The zero-order valence-electron chi connectivity index (χ0n) is 19.9. The largest absolute Gasteiger partial charge is 0.759 e. The Kier molecular flexibility index (Phi) is 8.74. The average Bonchev–Trinajstić information content (AvgIpc) is 3.57. The Morgan fingerprint density at radius 1 is 1.19 bits per heavy atom. The topological polar surface area (TPSA) is 95.8 Å². The number of carbonyl (C=O) groups excluding carboxylic acids is 2. The lowest BCUT2D eigenvalue weighted by Crippen LogP contribution is -2.50. The van der Waals surface area contributed by atoms with Gasteiger partial charge >= 0.3 is 0 Å². The highest BCUT2D eigenvalue weighted by atomic mass is 35.5. The van der Waals surface area contributed by atoms with Gasteiger partial charge in [-0.1, -0.05) is 55.1 Å². The smallest absolute Gasteiger partial charge is 0.248 e. The number of carbonyl (C=O) groups is 2. The molecule has 1 heterocycles. The van der Waals surface area contributed by atoms with Crippen LogP contribution in [0.25, 0.3) is 0 Å². The van der Waals surface area contributed by atoms with Gasteiger partial charge in [0.2, 0.25) is 11.8 Å². The second-order valence-electron chi connectivity index (χ2n) is 9.21. The van der Waals surface area contributed by atoms with Crippen LogP contribution in [-0.2, 0) is 20.9 Å². The lowest BCUT2D eigenvalue weighted by Gasteiger charge is -2.35. The van der Waals surface area contributed by atoms with Crippen LogP contribution >= 0.6 is 11.6 Å². The standard InChI is InChI=1S/C25H30ClFN4O4S/c1-17-15-29(17)30(36(34)35)16-23(32)31(20-11-7-8-18(27)14-20)24(21-12-5-6-13-22(21)26)25(33)28-19-9-3-2-4-10-19/h5-8,11-14,17,19,24H,2-4,9-10,15-16H2,1H3,(H,28,33)(H,34,35)/p-1/t17-,24?,29?/m1/s1. The van der Waals surface area contributed by atoms with Crippen molar-refractivity contribution in [1.82, 2.24) is 14.7 Å². The maximum atomic E-state index is 14.3. The molecule has 0 spiro atoms. The molecule has 0 aromatic heterocycles. The minimum atomic E-state index is -2.71. The molecule has 0 bridgehead atoms. The van der Waals surface area contributed by atoms with Gasteiger partial charge in [-0.25, -0.2) is 9.40 Å². The van der Waals surface area contributed by atoms with E-state index in [1.165, 1.54) is 23.2 Å². The molecule has 1 aliphatic heterocycles. The molecular weight excluding hydrogens is 507 g/mol. The fourth-order valence-electron chi connectivity index (χ4n) is 4.64. The summed E-state index contributed by atoms with van der Waals surface area (Å²) in [5, 5.41) is 4.84. The first-order valence-electron chi connectivity index (χ1n) is 12.0. The molecule has 1 aliphatic carbocycles. The predicted molar refractivity (Wildman–Crippen MR) is 135 cm³/mol. The molecule has 4 rings (SSSR count). The van der Waals surface area contributed by atoms with Crippen molar-refractivity contribution in [3.63, 3.8) is 0 Å². The lowest BCUT2D eigenvalue weighted by molar-refractivity contribution is -0.127. The van der Waals surface area contributed by atoms with Crippen LogP contribution in [0.4, 0.5) is 10.1 Å². The molecule has 2 aromatic rings. The van der Waals surface area contributed by atoms with Gasteiger partial charge in [-0.05, 0) is 44.0 Å². The number of hydrogen-bond donors (Lipinski definition) is 1. The third kappa shape index (κ3) is 6.30. The first kappa shape index (κ1) is 26.7. The van der Waals surface area contributed by atoms with Crippen molar-refractivity contribution in [2.24, 2.45) is 0 Å². The molecule has 11 heteroatoms. The number of anilines is 1. The second kappa shape index (κ2) is 11.8. The van der Waals surface area contributed by atoms with Crippen molar-refractivity contribution in [2.75, 3.05) is 18.0 Å². The maximum Gasteiger partial charge on any atom is 0.248 e. The summed E-state index contributed by atoms with van der Waals surface area (Å²) in [5.41, 5.74) is 0.485. The van der Waals surface area contributed by atoms with Gasteiger partial charge in [-0.2, -0.15) is 4.41 Å². The van der Waals surface area contributed by atoms with Crippen molar-refractivity contribution in [3.8, 4) is 0 Å². The predicted octanol–water partition coefficient (Wildman–Crippen LogP) is 3.72. The number of hydrazine groups is 1. The van der Waals surface area contributed by atoms with Gasteiger partial charge in [0.05, 0.1) is 0 Å². The summed E-state index contributed by atoms with van der Waals surface area (Å²) in [6.07, 6.45) is 4.74. The molecule has 0 radical (unpaired) electrons. The Hall–Kier alpha value is -2.37. The monoisotopic (exact) mass is 535 g/mol. The molecule has 194 valence electrons. The summed E-state index contributed by atoms with van der Waals surface area (Å²) in [6.45, 7) is 1.77. The van der Waals surface area contributed by atoms with E-state index in [0.29, 0.717) is 12.1 Å². The van der Waals surface area contributed by atoms with E-state index >= 15 is 0 Å². The normalized spacial score (nSPS) is 21.6. The van der Waals surface area contributed by atoms with Crippen molar-refractivity contribution < 1.29 is 22.7 Å². The fourth-order valence-corrected chi connectivity index (χ4v) is 5.49.